The molecule has 10 heteroatoms. The van der Waals surface area contributed by atoms with Crippen LogP contribution >= 0.6 is 0 Å². The summed E-state index contributed by atoms with van der Waals surface area (Å²) in [6, 6.07) is 12.4. The molecule has 0 aliphatic carbocycles. The van der Waals surface area contributed by atoms with E-state index >= 15 is 0 Å². The van der Waals surface area contributed by atoms with Gasteiger partial charge in [-0.05, 0) is 49.2 Å². The monoisotopic (exact) mass is 471 g/mol. The van der Waals surface area contributed by atoms with Crippen molar-refractivity contribution in [3.8, 4) is 11.8 Å². The topological polar surface area (TPSA) is 142 Å². The first-order chi connectivity index (χ1) is 15.6. The second kappa shape index (κ2) is 9.72. The zero-order chi connectivity index (χ0) is 24.2. The van der Waals surface area contributed by atoms with Crippen LogP contribution in [-0.2, 0) is 21.2 Å². The van der Waals surface area contributed by atoms with Gasteiger partial charge in [-0.3, -0.25) is 14.7 Å². The van der Waals surface area contributed by atoms with Crippen LogP contribution in [0.25, 0.3) is 10.9 Å². The lowest BCUT2D eigenvalue weighted by atomic mass is 10.1. The molecule has 1 unspecified atom stereocenters. The number of rotatable bonds is 7. The number of aliphatic hydroxyl groups is 2. The molecule has 3 rings (SSSR count). The summed E-state index contributed by atoms with van der Waals surface area (Å²) in [5, 5.41) is 32.8. The molecule has 2 atom stereocenters. The summed E-state index contributed by atoms with van der Waals surface area (Å²) in [5.41, 5.74) is 4.24. The molecule has 0 radical (unpaired) electrons. The van der Waals surface area contributed by atoms with Crippen molar-refractivity contribution in [3.05, 3.63) is 65.4 Å². The van der Waals surface area contributed by atoms with Crippen LogP contribution < -0.4 is 5.48 Å². The largest absolute Gasteiger partial charge is 0.393 e. The van der Waals surface area contributed by atoms with Gasteiger partial charge in [0.2, 0.25) is 0 Å². The molecule has 2 aromatic carbocycles. The van der Waals surface area contributed by atoms with E-state index in [9.17, 15) is 18.3 Å². The maximum absolute atomic E-state index is 12.1. The molecule has 1 heterocycles. The number of nitrogens with zero attached hydrogens (tertiary/aromatic N) is 2. The second-order valence-electron chi connectivity index (χ2n) is 7.93. The lowest BCUT2D eigenvalue weighted by Gasteiger charge is -2.24. The molecule has 0 aliphatic heterocycles. The number of fused-ring (bicyclic) bond motifs is 1. The van der Waals surface area contributed by atoms with E-state index in [0.29, 0.717) is 11.1 Å². The van der Waals surface area contributed by atoms with E-state index in [-0.39, 0.29) is 19.6 Å². The summed E-state index contributed by atoms with van der Waals surface area (Å²) in [5.74, 6) is 5.12. The van der Waals surface area contributed by atoms with E-state index in [0.717, 1.165) is 22.8 Å². The van der Waals surface area contributed by atoms with Crippen LogP contribution in [0.2, 0.25) is 0 Å². The minimum Gasteiger partial charge on any atom is -0.393 e. The van der Waals surface area contributed by atoms with E-state index in [2.05, 4.69) is 16.9 Å². The highest BCUT2D eigenvalue weighted by Gasteiger charge is 2.43. The Morgan fingerprint density at radius 1 is 1.18 bits per heavy atom. The van der Waals surface area contributed by atoms with Crippen molar-refractivity contribution in [2.75, 3.05) is 12.9 Å². The van der Waals surface area contributed by atoms with Crippen LogP contribution in [0.1, 0.15) is 36.1 Å². The molecule has 1 aromatic heterocycles. The fourth-order valence-corrected chi connectivity index (χ4v) is 4.07. The third kappa shape index (κ3) is 5.40. The third-order valence-electron chi connectivity index (χ3n) is 5.59. The molecular weight excluding hydrogens is 446 g/mol. The number of hydrogen-bond donors (Lipinski definition) is 4. The van der Waals surface area contributed by atoms with Crippen molar-refractivity contribution in [1.29, 1.82) is 0 Å². The number of aryl methyl sites for hydroxylation is 1. The summed E-state index contributed by atoms with van der Waals surface area (Å²) in [4.78, 5) is 12.0. The maximum atomic E-state index is 12.1. The van der Waals surface area contributed by atoms with Gasteiger partial charge in [-0.1, -0.05) is 24.0 Å². The molecule has 0 spiro atoms. The maximum Gasteiger partial charge on any atom is 0.264 e. The van der Waals surface area contributed by atoms with Gasteiger partial charge in [0.25, 0.3) is 5.91 Å². The molecule has 4 N–H and O–H groups in total. The first-order valence-electron chi connectivity index (χ1n) is 10.1. The predicted molar refractivity (Wildman–Crippen MR) is 122 cm³/mol. The molecule has 9 nitrogen and oxygen atoms in total. The molecule has 0 aliphatic rings. The fourth-order valence-electron chi connectivity index (χ4n) is 3.22. The average Bonchev–Trinajstić information content (AvgIpc) is 3.21. The molecule has 0 saturated carbocycles. The Hall–Kier alpha value is -3.23. The summed E-state index contributed by atoms with van der Waals surface area (Å²) >= 11 is 0. The number of sulfone groups is 1. The van der Waals surface area contributed by atoms with Crippen LogP contribution in [-0.4, -0.2) is 57.1 Å². The zero-order valence-corrected chi connectivity index (χ0v) is 19.0. The standard InChI is InChI=1S/C23H25N3O6S/c1-23(22(29)25-30,33(2,31)32)11-12-26-14-19-13-17(7-10-20(19)24-26)4-3-16-5-8-18(9-6-16)21(28)15-27/h5-10,13-14,21,27-28,30H,11-12,15H2,1-2H3,(H,25,29)/t21-,23?/m1/s1. The number of benzene rings is 2. The molecule has 174 valence electrons. The number of aromatic nitrogens is 2. The summed E-state index contributed by atoms with van der Waals surface area (Å²) < 4.78 is 24.0. The number of nitrogens with one attached hydrogen (secondary N) is 1. The Morgan fingerprint density at radius 2 is 1.82 bits per heavy atom. The highest BCUT2D eigenvalue weighted by Crippen LogP contribution is 2.23. The quantitative estimate of drug-likeness (QED) is 0.230. The first kappa shape index (κ1) is 24.4. The molecular formula is C23H25N3O6S. The number of aliphatic hydroxyl groups excluding tert-OH is 2. The highest BCUT2D eigenvalue weighted by molar-refractivity contribution is 7.92. The van der Waals surface area contributed by atoms with Gasteiger partial charge in [-0.25, -0.2) is 13.9 Å². The van der Waals surface area contributed by atoms with E-state index in [4.69, 9.17) is 10.3 Å². The Kier molecular flexibility index (Phi) is 7.19. The molecule has 0 fully saturated rings. The summed E-state index contributed by atoms with van der Waals surface area (Å²) in [6.45, 7) is 1.07. The van der Waals surface area contributed by atoms with Gasteiger partial charge < -0.3 is 10.2 Å². The van der Waals surface area contributed by atoms with Crippen molar-refractivity contribution in [3.63, 3.8) is 0 Å². The van der Waals surface area contributed by atoms with Crippen LogP contribution in [0.5, 0.6) is 0 Å². The van der Waals surface area contributed by atoms with Crippen LogP contribution in [0, 0.1) is 11.8 Å². The Balaban J connectivity index is 1.77. The van der Waals surface area contributed by atoms with Crippen molar-refractivity contribution in [2.24, 2.45) is 0 Å². The van der Waals surface area contributed by atoms with Gasteiger partial charge in [0.15, 0.2) is 14.6 Å². The van der Waals surface area contributed by atoms with E-state index < -0.39 is 26.6 Å². The Bertz CT molecular complexity index is 1320. The minimum atomic E-state index is -3.78. The van der Waals surface area contributed by atoms with Crippen molar-refractivity contribution in [1.82, 2.24) is 15.3 Å². The Morgan fingerprint density at radius 3 is 2.42 bits per heavy atom. The first-order valence-corrected chi connectivity index (χ1v) is 12.0. The fraction of sp³-hybridized carbons (Fsp3) is 0.304. The van der Waals surface area contributed by atoms with Gasteiger partial charge in [-0.2, -0.15) is 5.10 Å². The van der Waals surface area contributed by atoms with Crippen molar-refractivity contribution >= 4 is 26.6 Å². The number of carbonyl (C=O) groups excluding carboxylic acids is 1. The van der Waals surface area contributed by atoms with Crippen molar-refractivity contribution in [2.45, 2.75) is 30.7 Å². The average molecular weight is 472 g/mol. The lowest BCUT2D eigenvalue weighted by Crippen LogP contribution is -2.49. The summed E-state index contributed by atoms with van der Waals surface area (Å²) in [7, 11) is -3.78. The van der Waals surface area contributed by atoms with Gasteiger partial charge in [0.05, 0.1) is 12.1 Å². The molecule has 0 bridgehead atoms. The SMILES string of the molecule is CC(CCn1cc2cc(C#Cc3ccc([C@H](O)CO)cc3)ccc2n1)(C(=O)NO)S(C)(=O)=O. The van der Waals surface area contributed by atoms with Gasteiger partial charge in [0, 0.05) is 35.5 Å². The number of carbonyl (C=O) groups is 1. The third-order valence-corrected chi connectivity index (χ3v) is 7.62. The predicted octanol–water partition coefficient (Wildman–Crippen LogP) is 1.16. The van der Waals surface area contributed by atoms with Crippen LogP contribution in [0.15, 0.2) is 48.7 Å². The molecule has 3 aromatic rings. The normalized spacial score (nSPS) is 14.2. The number of amides is 1. The molecule has 33 heavy (non-hydrogen) atoms. The van der Waals surface area contributed by atoms with E-state index in [1.807, 2.05) is 12.1 Å². The second-order valence-corrected chi connectivity index (χ2v) is 10.4. The zero-order valence-electron chi connectivity index (χ0n) is 18.2. The van der Waals surface area contributed by atoms with Gasteiger partial charge >= 0.3 is 0 Å². The number of hydroxylamine groups is 1. The smallest absolute Gasteiger partial charge is 0.264 e. The molecule has 1 amide bonds. The lowest BCUT2D eigenvalue weighted by molar-refractivity contribution is -0.131. The van der Waals surface area contributed by atoms with Crippen molar-refractivity contribution < 1.29 is 28.6 Å². The van der Waals surface area contributed by atoms with Gasteiger partial charge in [0.1, 0.15) is 6.10 Å². The number of hydrogen-bond acceptors (Lipinski definition) is 7. The van der Waals surface area contributed by atoms with Crippen LogP contribution in [0.4, 0.5) is 0 Å². The van der Waals surface area contributed by atoms with E-state index in [1.165, 1.54) is 12.4 Å². The minimum absolute atomic E-state index is 0.0696. The van der Waals surface area contributed by atoms with Gasteiger partial charge in [-0.15, -0.1) is 0 Å². The van der Waals surface area contributed by atoms with E-state index in [1.54, 1.807) is 41.2 Å². The molecule has 0 saturated heterocycles. The Labute approximate surface area is 191 Å². The van der Waals surface area contributed by atoms with Crippen LogP contribution in [0.3, 0.4) is 0 Å². The highest BCUT2D eigenvalue weighted by atomic mass is 32.2. The summed E-state index contributed by atoms with van der Waals surface area (Å²) in [6.07, 6.45) is 1.71.